The van der Waals surface area contributed by atoms with Gasteiger partial charge in [0.15, 0.2) is 28.2 Å². The first-order valence-electron chi connectivity index (χ1n) is 9.54. The van der Waals surface area contributed by atoms with Gasteiger partial charge in [0, 0.05) is 6.20 Å². The van der Waals surface area contributed by atoms with Gasteiger partial charge in [-0.25, -0.2) is 18.4 Å². The van der Waals surface area contributed by atoms with E-state index in [0.717, 1.165) is 5.56 Å². The minimum atomic E-state index is -3.69. The summed E-state index contributed by atoms with van der Waals surface area (Å²) in [6, 6.07) is 9.51. The molecule has 6 rings (SSSR count). The Labute approximate surface area is 222 Å². The normalized spacial score (nSPS) is 29.3. The molecular formula is C18H14BrN5NaO6PS. The van der Waals surface area contributed by atoms with E-state index < -0.39 is 31.7 Å². The van der Waals surface area contributed by atoms with Crippen molar-refractivity contribution in [2.24, 2.45) is 0 Å². The maximum atomic E-state index is 13.1. The number of aromatic nitrogens is 5. The predicted octanol–water partition coefficient (Wildman–Crippen LogP) is -1.94. The SMILES string of the molecule is O=c1c2nc(Br)n([C@@H]3O[C@@H]4CO[P+]([O-])([S-])O[C@H]4[C@H]3O)c2nc2[nH]c(-c3ccccc3)cn12.[Na+]. The zero-order chi connectivity index (χ0) is 22.2. The van der Waals surface area contributed by atoms with Crippen LogP contribution in [-0.2, 0) is 26.0 Å². The standard InChI is InChI=1S/C18H15BrN5O6PS.Na/c19-17-21-11-14(24(17)16-12(25)13-10(29-16)7-28-31(27,32)30-13)22-18-20-9(6-23(18)15(11)26)8-4-2-1-3-5-8;/h1-6,10,12-13,16,25H,7H2,(H,20,22)(H,27,32);/q;+1/p-1/t10-,12-,13-,16-,31?;/m1./s1. The number of hydrogen-bond acceptors (Lipinski definition) is 9. The van der Waals surface area contributed by atoms with E-state index >= 15 is 0 Å². The molecule has 1 aromatic carbocycles. The predicted molar refractivity (Wildman–Crippen MR) is 117 cm³/mol. The number of hydrogen-bond donors (Lipinski definition) is 2. The van der Waals surface area contributed by atoms with Crippen LogP contribution >= 0.6 is 23.1 Å². The molecule has 2 saturated heterocycles. The van der Waals surface area contributed by atoms with Crippen LogP contribution in [0.1, 0.15) is 6.23 Å². The van der Waals surface area contributed by atoms with E-state index in [2.05, 4.69) is 30.9 Å². The number of nitrogens with zero attached hydrogens (tertiary/aromatic N) is 4. The zero-order valence-corrected chi connectivity index (χ0v) is 22.3. The molecule has 3 aromatic heterocycles. The second kappa shape index (κ2) is 8.68. The number of halogens is 1. The fraction of sp³-hybridized carbons (Fsp3) is 0.278. The average molecular weight is 562 g/mol. The van der Waals surface area contributed by atoms with Gasteiger partial charge >= 0.3 is 29.6 Å². The number of aromatic amines is 1. The number of H-pyrrole nitrogens is 1. The summed E-state index contributed by atoms with van der Waals surface area (Å²) in [6.45, 7) is -0.0827. The molecule has 0 amide bonds. The molecule has 0 spiro atoms. The van der Waals surface area contributed by atoms with Crippen molar-refractivity contribution in [2.75, 3.05) is 6.61 Å². The van der Waals surface area contributed by atoms with E-state index in [0.29, 0.717) is 11.5 Å². The molecule has 166 valence electrons. The summed E-state index contributed by atoms with van der Waals surface area (Å²) < 4.78 is 19.3. The maximum Gasteiger partial charge on any atom is 1.00 e. The summed E-state index contributed by atoms with van der Waals surface area (Å²) >= 11 is 8.11. The van der Waals surface area contributed by atoms with Crippen molar-refractivity contribution in [3.05, 3.63) is 51.6 Å². The van der Waals surface area contributed by atoms with Crippen molar-refractivity contribution < 1.29 is 53.3 Å². The number of aliphatic hydroxyl groups is 1. The molecule has 33 heavy (non-hydrogen) atoms. The van der Waals surface area contributed by atoms with Gasteiger partial charge in [0.2, 0.25) is 5.78 Å². The molecule has 2 aliphatic heterocycles. The first kappa shape index (κ1) is 23.9. The third kappa shape index (κ3) is 3.93. The van der Waals surface area contributed by atoms with Gasteiger partial charge in [0.25, 0.3) is 5.56 Å². The van der Waals surface area contributed by atoms with Crippen LogP contribution in [0, 0.1) is 0 Å². The Hall–Kier alpha value is -0.830. The first-order valence-corrected chi connectivity index (χ1v) is 12.9. The second-order valence-corrected chi connectivity index (χ2v) is 10.9. The minimum absolute atomic E-state index is 0. The molecular weight excluding hydrogens is 548 g/mol. The molecule has 0 saturated carbocycles. The molecule has 2 N–H and O–H groups in total. The third-order valence-corrected chi connectivity index (χ3v) is 7.61. The number of aliphatic hydroxyl groups excluding tert-OH is 1. The molecule has 2 aliphatic rings. The van der Waals surface area contributed by atoms with Crippen LogP contribution in [-0.4, -0.2) is 53.9 Å². The van der Waals surface area contributed by atoms with Gasteiger partial charge in [-0.1, -0.05) is 30.3 Å². The number of nitrogens with one attached hydrogen (secondary N) is 1. The van der Waals surface area contributed by atoms with Gasteiger partial charge in [-0.15, -0.1) is 0 Å². The Bertz CT molecular complexity index is 1410. The van der Waals surface area contributed by atoms with Crippen LogP contribution in [0.15, 0.2) is 46.1 Å². The number of fused-ring (bicyclic) bond motifs is 3. The quantitative estimate of drug-likeness (QED) is 0.124. The molecule has 15 heteroatoms. The fourth-order valence-corrected chi connectivity index (χ4v) is 6.01. The third-order valence-electron chi connectivity index (χ3n) is 5.51. The maximum absolute atomic E-state index is 13.1. The Morgan fingerprint density at radius 3 is 2.82 bits per heavy atom. The number of imidazole rings is 2. The van der Waals surface area contributed by atoms with E-state index in [1.807, 2.05) is 30.3 Å². The largest absolute Gasteiger partial charge is 1.00 e. The Morgan fingerprint density at radius 1 is 1.30 bits per heavy atom. The fourth-order valence-electron chi connectivity index (χ4n) is 4.03. The molecule has 5 atom stereocenters. The van der Waals surface area contributed by atoms with E-state index in [9.17, 15) is 14.8 Å². The summed E-state index contributed by atoms with van der Waals surface area (Å²) in [7, 11) is -3.69. The van der Waals surface area contributed by atoms with Crippen LogP contribution in [0.2, 0.25) is 0 Å². The van der Waals surface area contributed by atoms with Crippen molar-refractivity contribution in [2.45, 2.75) is 24.5 Å². The second-order valence-electron chi connectivity index (χ2n) is 7.44. The Balaban J connectivity index is 0.00000228. The van der Waals surface area contributed by atoms with Gasteiger partial charge in [-0.05, 0) is 21.5 Å². The molecule has 0 aliphatic carbocycles. The Kier molecular flexibility index (Phi) is 6.28. The van der Waals surface area contributed by atoms with Gasteiger partial charge < -0.3 is 32.0 Å². The summed E-state index contributed by atoms with van der Waals surface area (Å²) in [5.74, 6) is 0.301. The number of benzene rings is 1. The zero-order valence-electron chi connectivity index (χ0n) is 17.0. The van der Waals surface area contributed by atoms with Gasteiger partial charge in [0.05, 0.1) is 5.69 Å². The van der Waals surface area contributed by atoms with Crippen molar-refractivity contribution in [1.29, 1.82) is 0 Å². The molecule has 1 unspecified atom stereocenters. The van der Waals surface area contributed by atoms with Crippen LogP contribution < -0.4 is 40.0 Å². The van der Waals surface area contributed by atoms with E-state index in [1.54, 1.807) is 6.20 Å². The van der Waals surface area contributed by atoms with Crippen LogP contribution in [0.3, 0.4) is 0 Å². The van der Waals surface area contributed by atoms with Crippen LogP contribution in [0.5, 0.6) is 0 Å². The van der Waals surface area contributed by atoms with Crippen molar-refractivity contribution in [1.82, 2.24) is 23.9 Å². The molecule has 4 aromatic rings. The summed E-state index contributed by atoms with van der Waals surface area (Å²) in [5.41, 5.74) is 1.51. The summed E-state index contributed by atoms with van der Waals surface area (Å²) in [6.07, 6.45) is -2.23. The topological polar surface area (TPSA) is 139 Å². The van der Waals surface area contributed by atoms with Crippen molar-refractivity contribution >= 4 is 52.3 Å². The van der Waals surface area contributed by atoms with Crippen LogP contribution in [0.4, 0.5) is 0 Å². The summed E-state index contributed by atoms with van der Waals surface area (Å²) in [4.78, 5) is 37.2. The molecule has 2 fully saturated rings. The van der Waals surface area contributed by atoms with Crippen molar-refractivity contribution in [3.63, 3.8) is 0 Å². The average Bonchev–Trinajstić information content (AvgIpc) is 3.43. The minimum Gasteiger partial charge on any atom is -0.648 e. The van der Waals surface area contributed by atoms with Gasteiger partial charge in [-0.3, -0.25) is 9.36 Å². The van der Waals surface area contributed by atoms with Gasteiger partial charge in [-0.2, -0.15) is 4.98 Å². The van der Waals surface area contributed by atoms with Crippen LogP contribution in [0.25, 0.3) is 28.2 Å². The van der Waals surface area contributed by atoms with Crippen molar-refractivity contribution in [3.8, 4) is 11.3 Å². The van der Waals surface area contributed by atoms with Gasteiger partial charge in [0.1, 0.15) is 26.0 Å². The number of rotatable bonds is 2. The monoisotopic (exact) mass is 561 g/mol. The van der Waals surface area contributed by atoms with E-state index in [1.165, 1.54) is 8.97 Å². The number of ether oxygens (including phenoxy) is 1. The Morgan fingerprint density at radius 2 is 2.06 bits per heavy atom. The smallest absolute Gasteiger partial charge is 0.648 e. The molecule has 5 heterocycles. The molecule has 0 radical (unpaired) electrons. The summed E-state index contributed by atoms with van der Waals surface area (Å²) in [5, 5.41) is 10.8. The molecule has 11 nitrogen and oxygen atoms in total. The van der Waals surface area contributed by atoms with E-state index in [4.69, 9.17) is 26.0 Å². The first-order chi connectivity index (χ1) is 15.3. The van der Waals surface area contributed by atoms with E-state index in [-0.39, 0.29) is 57.6 Å². The molecule has 0 bridgehead atoms.